The molecule has 2 aromatic rings. The smallest absolute Gasteiger partial charge is 0.186 e. The monoisotopic (exact) mass is 323 g/mol. The summed E-state index contributed by atoms with van der Waals surface area (Å²) < 4.78 is 5.03. The lowest BCUT2D eigenvalue weighted by atomic mass is 10.3. The molecule has 0 amide bonds. The van der Waals surface area contributed by atoms with Gasteiger partial charge in [0.25, 0.3) is 0 Å². The van der Waals surface area contributed by atoms with Crippen LogP contribution in [0.15, 0.2) is 22.2 Å². The largest absolute Gasteiger partial charge is 0.383 e. The van der Waals surface area contributed by atoms with Gasteiger partial charge in [0.05, 0.1) is 12.3 Å². The predicted octanol–water partition coefficient (Wildman–Crippen LogP) is 3.11. The summed E-state index contributed by atoms with van der Waals surface area (Å²) in [4.78, 5) is 7.26. The molecule has 0 spiro atoms. The van der Waals surface area contributed by atoms with E-state index in [-0.39, 0.29) is 0 Å². The fourth-order valence-electron chi connectivity index (χ4n) is 2.22. The summed E-state index contributed by atoms with van der Waals surface area (Å²) in [6.07, 6.45) is 2.59. The summed E-state index contributed by atoms with van der Waals surface area (Å²) in [7, 11) is 1.72. The number of nitrogens with one attached hydrogen (secondary N) is 1. The first-order valence-corrected chi connectivity index (χ1v) is 9.11. The highest BCUT2D eigenvalue weighted by Crippen LogP contribution is 2.35. The number of methoxy groups -OCH3 is 1. The minimum atomic E-state index is 0.686. The maximum Gasteiger partial charge on any atom is 0.186 e. The second-order valence-corrected chi connectivity index (χ2v) is 6.90. The summed E-state index contributed by atoms with van der Waals surface area (Å²) >= 11 is 3.52. The molecule has 114 valence electrons. The minimum Gasteiger partial charge on any atom is -0.383 e. The third kappa shape index (κ3) is 4.26. The number of thiophene rings is 1. The van der Waals surface area contributed by atoms with E-state index in [1.807, 2.05) is 0 Å². The molecule has 2 heterocycles. The summed E-state index contributed by atoms with van der Waals surface area (Å²) in [5.74, 6) is 0. The van der Waals surface area contributed by atoms with Crippen LogP contribution in [0.3, 0.4) is 0 Å². The maximum absolute atomic E-state index is 5.03. The highest BCUT2D eigenvalue weighted by atomic mass is 32.1. The average molecular weight is 323 g/mol. The molecule has 1 aliphatic rings. The Bertz CT molecular complexity index is 537. The zero-order valence-electron chi connectivity index (χ0n) is 12.2. The number of nitrogens with zero attached hydrogens (tertiary/aromatic N) is 2. The molecule has 0 aliphatic heterocycles. The molecule has 6 heteroatoms. The van der Waals surface area contributed by atoms with Crippen molar-refractivity contribution in [3.05, 3.63) is 33.5 Å². The van der Waals surface area contributed by atoms with Gasteiger partial charge in [0.2, 0.25) is 0 Å². The van der Waals surface area contributed by atoms with Crippen LogP contribution in [-0.2, 0) is 17.8 Å². The van der Waals surface area contributed by atoms with Crippen molar-refractivity contribution in [3.8, 4) is 0 Å². The third-order valence-electron chi connectivity index (χ3n) is 3.50. The van der Waals surface area contributed by atoms with Crippen molar-refractivity contribution in [1.29, 1.82) is 0 Å². The van der Waals surface area contributed by atoms with Gasteiger partial charge in [-0.1, -0.05) is 0 Å². The Morgan fingerprint density at radius 3 is 3.05 bits per heavy atom. The SMILES string of the molecule is COCCNCc1csc(N(Cc2ccsc2)C2CC2)n1. The Hall–Kier alpha value is -0.950. The van der Waals surface area contributed by atoms with E-state index in [0.29, 0.717) is 6.04 Å². The molecule has 21 heavy (non-hydrogen) atoms. The van der Waals surface area contributed by atoms with Crippen LogP contribution < -0.4 is 10.2 Å². The van der Waals surface area contributed by atoms with Gasteiger partial charge >= 0.3 is 0 Å². The number of ether oxygens (including phenoxy) is 1. The number of aromatic nitrogens is 1. The van der Waals surface area contributed by atoms with Gasteiger partial charge in [0, 0.05) is 38.2 Å². The Morgan fingerprint density at radius 2 is 2.33 bits per heavy atom. The van der Waals surface area contributed by atoms with Gasteiger partial charge in [-0.15, -0.1) is 11.3 Å². The summed E-state index contributed by atoms with van der Waals surface area (Å²) in [5.41, 5.74) is 2.52. The molecular formula is C15H21N3OS2. The van der Waals surface area contributed by atoms with E-state index in [1.165, 1.54) is 18.4 Å². The Labute approximate surface area is 133 Å². The maximum atomic E-state index is 5.03. The van der Waals surface area contributed by atoms with Gasteiger partial charge in [-0.2, -0.15) is 11.3 Å². The summed E-state index contributed by atoms with van der Waals surface area (Å²) in [5, 5.41) is 11.1. The van der Waals surface area contributed by atoms with E-state index in [0.717, 1.165) is 37.1 Å². The first kappa shape index (κ1) is 15.0. The van der Waals surface area contributed by atoms with Gasteiger partial charge in [-0.3, -0.25) is 0 Å². The Morgan fingerprint density at radius 1 is 1.43 bits per heavy atom. The van der Waals surface area contributed by atoms with Crippen molar-refractivity contribution in [2.24, 2.45) is 0 Å². The molecule has 1 aliphatic carbocycles. The van der Waals surface area contributed by atoms with Crippen molar-refractivity contribution >= 4 is 27.8 Å². The second kappa shape index (κ2) is 7.35. The van der Waals surface area contributed by atoms with Crippen molar-refractivity contribution in [3.63, 3.8) is 0 Å². The predicted molar refractivity (Wildman–Crippen MR) is 89.2 cm³/mol. The fraction of sp³-hybridized carbons (Fsp3) is 0.533. The Kier molecular flexibility index (Phi) is 5.24. The number of hydrogen-bond acceptors (Lipinski definition) is 6. The van der Waals surface area contributed by atoms with Crippen LogP contribution in [-0.4, -0.2) is 31.3 Å². The van der Waals surface area contributed by atoms with Gasteiger partial charge in [0.15, 0.2) is 5.13 Å². The van der Waals surface area contributed by atoms with Crippen LogP contribution in [0, 0.1) is 0 Å². The molecule has 0 radical (unpaired) electrons. The molecule has 0 bridgehead atoms. The minimum absolute atomic E-state index is 0.686. The van der Waals surface area contributed by atoms with Crippen LogP contribution in [0.5, 0.6) is 0 Å². The van der Waals surface area contributed by atoms with Crippen LogP contribution in [0.1, 0.15) is 24.1 Å². The highest BCUT2D eigenvalue weighted by molar-refractivity contribution is 7.13. The van der Waals surface area contributed by atoms with Crippen LogP contribution in [0.2, 0.25) is 0 Å². The Balaban J connectivity index is 1.59. The first-order valence-electron chi connectivity index (χ1n) is 7.28. The normalized spacial score (nSPS) is 14.5. The number of anilines is 1. The van der Waals surface area contributed by atoms with Crippen molar-refractivity contribution in [1.82, 2.24) is 10.3 Å². The lowest BCUT2D eigenvalue weighted by Crippen LogP contribution is -2.25. The summed E-state index contributed by atoms with van der Waals surface area (Å²) in [6.45, 7) is 3.41. The second-order valence-electron chi connectivity index (χ2n) is 5.28. The van der Waals surface area contributed by atoms with Crippen molar-refractivity contribution in [2.45, 2.75) is 32.0 Å². The number of rotatable bonds is 9. The van der Waals surface area contributed by atoms with Gasteiger partial charge in [0.1, 0.15) is 0 Å². The fourth-order valence-corrected chi connectivity index (χ4v) is 3.77. The molecule has 0 aromatic carbocycles. The van der Waals surface area contributed by atoms with Gasteiger partial charge in [-0.05, 0) is 35.2 Å². The summed E-state index contributed by atoms with van der Waals surface area (Å²) in [6, 6.07) is 2.89. The lowest BCUT2D eigenvalue weighted by molar-refractivity contribution is 0.199. The quantitative estimate of drug-likeness (QED) is 0.720. The van der Waals surface area contributed by atoms with E-state index >= 15 is 0 Å². The molecule has 1 N–H and O–H groups in total. The lowest BCUT2D eigenvalue weighted by Gasteiger charge is -2.20. The van der Waals surface area contributed by atoms with E-state index in [1.54, 1.807) is 29.8 Å². The van der Waals surface area contributed by atoms with Crippen LogP contribution in [0.4, 0.5) is 5.13 Å². The molecule has 2 aromatic heterocycles. The van der Waals surface area contributed by atoms with Crippen LogP contribution >= 0.6 is 22.7 Å². The molecule has 0 atom stereocenters. The molecule has 1 saturated carbocycles. The van der Waals surface area contributed by atoms with Gasteiger partial charge in [-0.25, -0.2) is 4.98 Å². The molecule has 1 fully saturated rings. The van der Waals surface area contributed by atoms with E-state index in [4.69, 9.17) is 9.72 Å². The van der Waals surface area contributed by atoms with Crippen molar-refractivity contribution < 1.29 is 4.74 Å². The molecular weight excluding hydrogens is 302 g/mol. The molecule has 0 unspecified atom stereocenters. The molecule has 0 saturated heterocycles. The average Bonchev–Trinajstić information content (AvgIpc) is 3.01. The number of thiazole rings is 1. The zero-order valence-corrected chi connectivity index (χ0v) is 13.9. The molecule has 3 rings (SSSR count). The van der Waals surface area contributed by atoms with Gasteiger partial charge < -0.3 is 15.0 Å². The molecule has 4 nitrogen and oxygen atoms in total. The third-order valence-corrected chi connectivity index (χ3v) is 5.15. The van der Waals surface area contributed by atoms with E-state index in [9.17, 15) is 0 Å². The zero-order chi connectivity index (χ0) is 14.5. The topological polar surface area (TPSA) is 37.4 Å². The number of hydrogen-bond donors (Lipinski definition) is 1. The highest BCUT2D eigenvalue weighted by Gasteiger charge is 2.31. The van der Waals surface area contributed by atoms with Crippen LogP contribution in [0.25, 0.3) is 0 Å². The van der Waals surface area contributed by atoms with Crippen molar-refractivity contribution in [2.75, 3.05) is 25.2 Å². The van der Waals surface area contributed by atoms with E-state index < -0.39 is 0 Å². The first-order chi connectivity index (χ1) is 10.4. The standard InChI is InChI=1S/C15H21N3OS2/c1-19-6-5-16-8-13-11-21-15(17-13)18(14-2-3-14)9-12-4-7-20-10-12/h4,7,10-11,14,16H,2-3,5-6,8-9H2,1H3. The van der Waals surface area contributed by atoms with E-state index in [2.05, 4.69) is 32.4 Å².